The van der Waals surface area contributed by atoms with Crippen LogP contribution in [0.25, 0.3) is 0 Å². The molecule has 0 radical (unpaired) electrons. The van der Waals surface area contributed by atoms with Crippen molar-refractivity contribution >= 4 is 5.91 Å². The van der Waals surface area contributed by atoms with Crippen LogP contribution in [0.4, 0.5) is 0 Å². The fourth-order valence-corrected chi connectivity index (χ4v) is 4.15. The Morgan fingerprint density at radius 3 is 2.48 bits per heavy atom. The standard InChI is InChI=1S/C22H27N3O2/c1-24(2)14-21(27)25-19(13-23)22(20(25)15-26)18-11-9-17(10-12-18)8-7-16-5-3-4-6-16/h9-12,16,19-20,22,26H,3-6,14-15H2,1-2H3/t19-,20+,22+/m0/s1. The number of likely N-dealkylation sites (tertiary alicyclic amines) is 1. The third-order valence-corrected chi connectivity index (χ3v) is 5.54. The number of likely N-dealkylation sites (N-methyl/N-ethyl adjacent to an activating group) is 1. The average molecular weight is 365 g/mol. The van der Waals surface area contributed by atoms with Crippen LogP contribution in [0.5, 0.6) is 0 Å². The van der Waals surface area contributed by atoms with Gasteiger partial charge in [-0.2, -0.15) is 5.26 Å². The summed E-state index contributed by atoms with van der Waals surface area (Å²) >= 11 is 0. The maximum absolute atomic E-state index is 12.4. The minimum Gasteiger partial charge on any atom is -0.394 e. The zero-order valence-corrected chi connectivity index (χ0v) is 16.1. The molecule has 0 bridgehead atoms. The molecule has 1 aliphatic carbocycles. The van der Waals surface area contributed by atoms with Gasteiger partial charge in [0, 0.05) is 17.4 Å². The highest BCUT2D eigenvalue weighted by Crippen LogP contribution is 2.40. The van der Waals surface area contributed by atoms with Crippen LogP contribution in [0.1, 0.15) is 42.7 Å². The molecule has 1 saturated heterocycles. The summed E-state index contributed by atoms with van der Waals surface area (Å²) in [6.07, 6.45) is 4.96. The van der Waals surface area contributed by atoms with Crippen LogP contribution < -0.4 is 0 Å². The number of rotatable bonds is 4. The normalized spacial score (nSPS) is 24.9. The molecule has 5 heteroatoms. The molecule has 3 atom stereocenters. The fourth-order valence-electron chi connectivity index (χ4n) is 4.15. The molecule has 1 aliphatic heterocycles. The number of amides is 1. The smallest absolute Gasteiger partial charge is 0.238 e. The second-order valence-corrected chi connectivity index (χ2v) is 7.76. The van der Waals surface area contributed by atoms with Crippen molar-refractivity contribution in [2.45, 2.75) is 43.7 Å². The second-order valence-electron chi connectivity index (χ2n) is 7.76. The molecule has 1 heterocycles. The molecule has 3 rings (SSSR count). The summed E-state index contributed by atoms with van der Waals surface area (Å²) in [5.41, 5.74) is 1.94. The maximum atomic E-state index is 12.4. The van der Waals surface area contributed by atoms with Gasteiger partial charge in [0.05, 0.1) is 25.3 Å². The number of aliphatic hydroxyl groups excluding tert-OH is 1. The molecule has 0 aromatic heterocycles. The van der Waals surface area contributed by atoms with E-state index in [2.05, 4.69) is 17.9 Å². The SMILES string of the molecule is CN(C)CC(=O)N1[C@H](CO)[C@H](c2ccc(C#CC3CCCC3)cc2)[C@@H]1C#N. The van der Waals surface area contributed by atoms with E-state index in [4.69, 9.17) is 0 Å². The van der Waals surface area contributed by atoms with Crippen LogP contribution >= 0.6 is 0 Å². The second kappa shape index (κ2) is 8.57. The fraction of sp³-hybridized carbons (Fsp3) is 0.545. The maximum Gasteiger partial charge on any atom is 0.238 e. The van der Waals surface area contributed by atoms with Crippen molar-refractivity contribution < 1.29 is 9.90 Å². The van der Waals surface area contributed by atoms with Gasteiger partial charge in [0.25, 0.3) is 0 Å². The van der Waals surface area contributed by atoms with Gasteiger partial charge >= 0.3 is 0 Å². The molecule has 142 valence electrons. The van der Waals surface area contributed by atoms with E-state index in [-0.39, 0.29) is 31.0 Å². The Morgan fingerprint density at radius 1 is 1.26 bits per heavy atom. The molecule has 1 N–H and O–H groups in total. The van der Waals surface area contributed by atoms with Crippen molar-refractivity contribution in [2.75, 3.05) is 27.2 Å². The molecule has 0 spiro atoms. The Kier molecular flexibility index (Phi) is 6.16. The Morgan fingerprint density at radius 2 is 1.93 bits per heavy atom. The highest BCUT2D eigenvalue weighted by Gasteiger charge is 2.51. The minimum atomic E-state index is -0.537. The molecule has 1 aromatic carbocycles. The first kappa shape index (κ1) is 19.4. The molecule has 2 fully saturated rings. The summed E-state index contributed by atoms with van der Waals surface area (Å²) in [7, 11) is 3.63. The van der Waals surface area contributed by atoms with E-state index < -0.39 is 6.04 Å². The monoisotopic (exact) mass is 365 g/mol. The van der Waals surface area contributed by atoms with E-state index >= 15 is 0 Å². The van der Waals surface area contributed by atoms with Crippen LogP contribution in [0.15, 0.2) is 24.3 Å². The van der Waals surface area contributed by atoms with Crippen LogP contribution in [0.3, 0.4) is 0 Å². The number of hydrogen-bond donors (Lipinski definition) is 1. The zero-order chi connectivity index (χ0) is 19.4. The van der Waals surface area contributed by atoms with E-state index in [1.54, 1.807) is 4.90 Å². The predicted octanol–water partition coefficient (Wildman–Crippen LogP) is 1.97. The van der Waals surface area contributed by atoms with Gasteiger partial charge in [0.2, 0.25) is 5.91 Å². The van der Waals surface area contributed by atoms with Gasteiger partial charge in [0.1, 0.15) is 6.04 Å². The third kappa shape index (κ3) is 4.16. The van der Waals surface area contributed by atoms with E-state index in [1.807, 2.05) is 38.4 Å². The van der Waals surface area contributed by atoms with Gasteiger partial charge in [0.15, 0.2) is 0 Å². The van der Waals surface area contributed by atoms with Gasteiger partial charge in [-0.3, -0.25) is 4.79 Å². The molecule has 0 unspecified atom stereocenters. The van der Waals surface area contributed by atoms with Crippen LogP contribution in [-0.2, 0) is 4.79 Å². The largest absolute Gasteiger partial charge is 0.394 e. The lowest BCUT2D eigenvalue weighted by Crippen LogP contribution is -2.66. The number of carbonyl (C=O) groups excluding carboxylic acids is 1. The third-order valence-electron chi connectivity index (χ3n) is 5.54. The summed E-state index contributed by atoms with van der Waals surface area (Å²) in [4.78, 5) is 15.7. The summed E-state index contributed by atoms with van der Waals surface area (Å²) in [5.74, 6) is 6.84. The number of hydrogen-bond acceptors (Lipinski definition) is 4. The molecule has 2 aliphatic rings. The van der Waals surface area contributed by atoms with Crippen molar-refractivity contribution in [3.05, 3.63) is 35.4 Å². The molecule has 27 heavy (non-hydrogen) atoms. The van der Waals surface area contributed by atoms with Gasteiger partial charge in [-0.25, -0.2) is 0 Å². The first-order valence-corrected chi connectivity index (χ1v) is 9.63. The van der Waals surface area contributed by atoms with Crippen molar-refractivity contribution in [1.82, 2.24) is 9.80 Å². The lowest BCUT2D eigenvalue weighted by atomic mass is 9.75. The Balaban J connectivity index is 1.73. The Hall–Kier alpha value is -2.34. The highest BCUT2D eigenvalue weighted by atomic mass is 16.3. The van der Waals surface area contributed by atoms with E-state index in [9.17, 15) is 15.2 Å². The van der Waals surface area contributed by atoms with Gasteiger partial charge in [-0.15, -0.1) is 0 Å². The molecule has 5 nitrogen and oxygen atoms in total. The molecule has 1 amide bonds. The number of nitriles is 1. The first-order valence-electron chi connectivity index (χ1n) is 9.63. The van der Waals surface area contributed by atoms with Crippen LogP contribution in [-0.4, -0.2) is 60.1 Å². The number of nitrogens with zero attached hydrogens (tertiary/aromatic N) is 3. The lowest BCUT2D eigenvalue weighted by Gasteiger charge is -2.51. The van der Waals surface area contributed by atoms with E-state index in [0.29, 0.717) is 5.92 Å². The molecule has 1 aromatic rings. The Bertz CT molecular complexity index is 763. The quantitative estimate of drug-likeness (QED) is 0.829. The van der Waals surface area contributed by atoms with Crippen LogP contribution in [0.2, 0.25) is 0 Å². The van der Waals surface area contributed by atoms with Crippen molar-refractivity contribution in [3.8, 4) is 17.9 Å². The summed E-state index contributed by atoms with van der Waals surface area (Å²) in [6.45, 7) is 0.0857. The highest BCUT2D eigenvalue weighted by molar-refractivity contribution is 5.81. The lowest BCUT2D eigenvalue weighted by molar-refractivity contribution is -0.147. The summed E-state index contributed by atoms with van der Waals surface area (Å²) in [6, 6.07) is 9.26. The molecular formula is C22H27N3O2. The average Bonchev–Trinajstić information content (AvgIpc) is 3.14. The number of aliphatic hydroxyl groups is 1. The first-order chi connectivity index (χ1) is 13.0. The minimum absolute atomic E-state index is 0.124. The topological polar surface area (TPSA) is 67.6 Å². The van der Waals surface area contributed by atoms with E-state index in [1.165, 1.54) is 30.6 Å². The van der Waals surface area contributed by atoms with Gasteiger partial charge in [-0.05, 0) is 44.6 Å². The summed E-state index contributed by atoms with van der Waals surface area (Å²) < 4.78 is 0. The number of benzene rings is 1. The van der Waals surface area contributed by atoms with Crippen molar-refractivity contribution in [2.24, 2.45) is 5.92 Å². The van der Waals surface area contributed by atoms with Crippen LogP contribution in [0, 0.1) is 29.1 Å². The zero-order valence-electron chi connectivity index (χ0n) is 16.1. The predicted molar refractivity (Wildman–Crippen MR) is 104 cm³/mol. The van der Waals surface area contributed by atoms with E-state index in [0.717, 1.165) is 11.1 Å². The molecular weight excluding hydrogens is 338 g/mol. The number of carbonyl (C=O) groups is 1. The van der Waals surface area contributed by atoms with Crippen molar-refractivity contribution in [1.29, 1.82) is 5.26 Å². The molecule has 1 saturated carbocycles. The Labute approximate surface area is 161 Å². The van der Waals surface area contributed by atoms with Gasteiger partial charge in [-0.1, -0.05) is 36.8 Å². The van der Waals surface area contributed by atoms with Gasteiger partial charge < -0.3 is 14.9 Å². The summed E-state index contributed by atoms with van der Waals surface area (Å²) in [5, 5.41) is 19.4. The van der Waals surface area contributed by atoms with Crippen molar-refractivity contribution in [3.63, 3.8) is 0 Å².